The number of non-ortho nitro benzene ring substituents is 1. The van der Waals surface area contributed by atoms with Gasteiger partial charge in [0.2, 0.25) is 0 Å². The van der Waals surface area contributed by atoms with E-state index in [-0.39, 0.29) is 40.8 Å². The molecule has 1 rings (SSSR count). The molecule has 0 amide bonds. The van der Waals surface area contributed by atoms with Crippen molar-refractivity contribution in [3.05, 3.63) is 39.7 Å². The van der Waals surface area contributed by atoms with Crippen LogP contribution in [0.2, 0.25) is 0 Å². The molecule has 0 saturated carbocycles. The van der Waals surface area contributed by atoms with Gasteiger partial charge in [0.15, 0.2) is 0 Å². The van der Waals surface area contributed by atoms with Crippen molar-refractivity contribution < 1.29 is 47.6 Å². The standard InChI is InChI=1S/C7H6FNO4S.Na/c8-7-2-1-6(9(10)11)3-5(7)4-14(12)13;/h1-3H,4H2,(H,12,13);/q;+1/p-1. The van der Waals surface area contributed by atoms with Crippen LogP contribution in [-0.2, 0) is 16.8 Å². The fraction of sp³-hybridized carbons (Fsp3) is 0.143. The molecule has 1 aromatic carbocycles. The molecule has 1 unspecified atom stereocenters. The van der Waals surface area contributed by atoms with Gasteiger partial charge >= 0.3 is 29.6 Å². The van der Waals surface area contributed by atoms with Crippen LogP contribution in [0.25, 0.3) is 0 Å². The summed E-state index contributed by atoms with van der Waals surface area (Å²) in [6, 6.07) is 2.76. The maximum absolute atomic E-state index is 12.9. The van der Waals surface area contributed by atoms with Crippen molar-refractivity contribution in [1.82, 2.24) is 0 Å². The first-order valence-corrected chi connectivity index (χ1v) is 4.74. The summed E-state index contributed by atoms with van der Waals surface area (Å²) in [5.74, 6) is -1.33. The maximum atomic E-state index is 12.9. The van der Waals surface area contributed by atoms with Crippen LogP contribution in [0.1, 0.15) is 5.56 Å². The van der Waals surface area contributed by atoms with E-state index < -0.39 is 27.6 Å². The zero-order valence-electron chi connectivity index (χ0n) is 7.81. The van der Waals surface area contributed by atoms with Gasteiger partial charge in [-0.2, -0.15) is 0 Å². The van der Waals surface area contributed by atoms with Crippen molar-refractivity contribution in [3.63, 3.8) is 0 Å². The van der Waals surface area contributed by atoms with Crippen LogP contribution >= 0.6 is 0 Å². The van der Waals surface area contributed by atoms with Gasteiger partial charge in [-0.25, -0.2) is 4.39 Å². The number of nitrogens with zero attached hydrogens (tertiary/aromatic N) is 1. The Labute approximate surface area is 109 Å². The fourth-order valence-electron chi connectivity index (χ4n) is 0.912. The second kappa shape index (κ2) is 6.29. The molecule has 0 heterocycles. The average molecular weight is 241 g/mol. The van der Waals surface area contributed by atoms with Gasteiger partial charge in [-0.3, -0.25) is 14.3 Å². The summed E-state index contributed by atoms with van der Waals surface area (Å²) in [7, 11) is 0. The summed E-state index contributed by atoms with van der Waals surface area (Å²) in [6.07, 6.45) is 0. The van der Waals surface area contributed by atoms with Crippen LogP contribution in [0.5, 0.6) is 0 Å². The van der Waals surface area contributed by atoms with E-state index in [1.165, 1.54) is 0 Å². The van der Waals surface area contributed by atoms with Crippen molar-refractivity contribution >= 4 is 16.8 Å². The first-order chi connectivity index (χ1) is 6.50. The smallest absolute Gasteiger partial charge is 0.772 e. The molecule has 0 N–H and O–H groups in total. The van der Waals surface area contributed by atoms with Crippen LogP contribution in [0, 0.1) is 15.9 Å². The van der Waals surface area contributed by atoms with Gasteiger partial charge < -0.3 is 4.55 Å². The first-order valence-electron chi connectivity index (χ1n) is 3.49. The monoisotopic (exact) mass is 241 g/mol. The van der Waals surface area contributed by atoms with Gasteiger partial charge in [0.05, 0.1) is 4.92 Å². The Morgan fingerprint density at radius 3 is 2.53 bits per heavy atom. The molecule has 0 aliphatic carbocycles. The summed E-state index contributed by atoms with van der Waals surface area (Å²) in [6.45, 7) is 0. The van der Waals surface area contributed by atoms with Crippen LogP contribution < -0.4 is 29.6 Å². The van der Waals surface area contributed by atoms with Crippen LogP contribution in [0.4, 0.5) is 10.1 Å². The number of hydrogen-bond donors (Lipinski definition) is 0. The van der Waals surface area contributed by atoms with Crippen molar-refractivity contribution in [2.75, 3.05) is 0 Å². The predicted molar refractivity (Wildman–Crippen MR) is 45.7 cm³/mol. The second-order valence-electron chi connectivity index (χ2n) is 2.48. The normalized spacial score (nSPS) is 11.6. The van der Waals surface area contributed by atoms with Crippen LogP contribution in [0.15, 0.2) is 18.2 Å². The third-order valence-electron chi connectivity index (χ3n) is 1.51. The molecule has 1 atom stereocenters. The number of hydrogen-bond acceptors (Lipinski definition) is 4. The SMILES string of the molecule is O=[N+]([O-])c1ccc(F)c(CS(=O)[O-])c1.[Na+]. The minimum Gasteiger partial charge on any atom is -0.772 e. The fourth-order valence-corrected chi connectivity index (χ4v) is 1.39. The average Bonchev–Trinajstić information content (AvgIpc) is 2.07. The number of halogens is 1. The Morgan fingerprint density at radius 2 is 2.07 bits per heavy atom. The van der Waals surface area contributed by atoms with Crippen molar-refractivity contribution in [2.24, 2.45) is 0 Å². The quantitative estimate of drug-likeness (QED) is 0.268. The van der Waals surface area contributed by atoms with Gasteiger partial charge in [-0.05, 0) is 6.07 Å². The molecular weight excluding hydrogens is 236 g/mol. The zero-order chi connectivity index (χ0) is 10.7. The van der Waals surface area contributed by atoms with Crippen LogP contribution in [0.3, 0.4) is 0 Å². The summed E-state index contributed by atoms with van der Waals surface area (Å²) in [5, 5.41) is 10.3. The van der Waals surface area contributed by atoms with Gasteiger partial charge in [0.25, 0.3) is 5.69 Å². The first kappa shape index (κ1) is 14.7. The van der Waals surface area contributed by atoms with Crippen molar-refractivity contribution in [2.45, 2.75) is 5.75 Å². The molecule has 1 aromatic rings. The third kappa shape index (κ3) is 4.35. The Morgan fingerprint density at radius 1 is 1.47 bits per heavy atom. The molecular formula is C7H5FNNaO4S. The molecule has 0 spiro atoms. The Hall–Kier alpha value is -0.340. The zero-order valence-corrected chi connectivity index (χ0v) is 10.6. The molecule has 5 nitrogen and oxygen atoms in total. The van der Waals surface area contributed by atoms with E-state index in [0.29, 0.717) is 0 Å². The number of nitro benzene ring substituents is 1. The summed E-state index contributed by atoms with van der Waals surface area (Å²) in [4.78, 5) is 9.57. The van der Waals surface area contributed by atoms with Gasteiger partial charge in [-0.1, -0.05) is 11.1 Å². The third-order valence-corrected chi connectivity index (χ3v) is 2.06. The van der Waals surface area contributed by atoms with Crippen molar-refractivity contribution in [3.8, 4) is 0 Å². The van der Waals surface area contributed by atoms with E-state index in [1.807, 2.05) is 0 Å². The molecule has 0 saturated heterocycles. The van der Waals surface area contributed by atoms with Crippen LogP contribution in [-0.4, -0.2) is 13.7 Å². The number of nitro groups is 1. The van der Waals surface area contributed by atoms with Gasteiger partial charge in [0.1, 0.15) is 5.82 Å². The second-order valence-corrected chi connectivity index (χ2v) is 3.38. The Kier molecular flexibility index (Phi) is 6.15. The maximum Gasteiger partial charge on any atom is 1.00 e. The summed E-state index contributed by atoms with van der Waals surface area (Å²) >= 11 is -2.46. The van der Waals surface area contributed by atoms with E-state index in [4.69, 9.17) is 0 Å². The summed E-state index contributed by atoms with van der Waals surface area (Å²) < 4.78 is 33.4. The number of rotatable bonds is 3. The topological polar surface area (TPSA) is 83.3 Å². The van der Waals surface area contributed by atoms with E-state index in [9.17, 15) is 23.3 Å². The summed E-state index contributed by atoms with van der Waals surface area (Å²) in [5.41, 5.74) is -0.528. The molecule has 0 fully saturated rings. The van der Waals surface area contributed by atoms with E-state index in [1.54, 1.807) is 0 Å². The largest absolute Gasteiger partial charge is 1.00 e. The van der Waals surface area contributed by atoms with Gasteiger partial charge in [-0.15, -0.1) is 0 Å². The Balaban J connectivity index is 0.00000196. The molecule has 0 radical (unpaired) electrons. The molecule has 0 aliphatic heterocycles. The minimum absolute atomic E-state index is 0. The Bertz CT molecular complexity index is 401. The van der Waals surface area contributed by atoms with E-state index >= 15 is 0 Å². The van der Waals surface area contributed by atoms with E-state index in [2.05, 4.69) is 0 Å². The molecule has 8 heteroatoms. The molecule has 0 bridgehead atoms. The van der Waals surface area contributed by atoms with Crippen molar-refractivity contribution in [1.29, 1.82) is 0 Å². The minimum atomic E-state index is -2.46. The molecule has 0 aromatic heterocycles. The molecule has 0 aliphatic rings. The van der Waals surface area contributed by atoms with Gasteiger partial charge in [0, 0.05) is 23.4 Å². The molecule has 15 heavy (non-hydrogen) atoms. The molecule has 76 valence electrons. The van der Waals surface area contributed by atoms with E-state index in [0.717, 1.165) is 18.2 Å². The number of benzene rings is 1. The predicted octanol–water partition coefficient (Wildman–Crippen LogP) is -1.88.